The van der Waals surface area contributed by atoms with E-state index in [4.69, 9.17) is 0 Å². The average Bonchev–Trinajstić information content (AvgIpc) is 2.80. The molecule has 0 atom stereocenters. The Balaban J connectivity index is 1.67. The minimum absolute atomic E-state index is 0.165. The van der Waals surface area contributed by atoms with Crippen LogP contribution in [0.4, 0.5) is 5.69 Å². The summed E-state index contributed by atoms with van der Waals surface area (Å²) in [7, 11) is -3.90. The lowest BCUT2D eigenvalue weighted by Gasteiger charge is -2.25. The second-order valence-electron chi connectivity index (χ2n) is 8.48. The number of carbonyl (C=O) groups excluding carboxylic acids is 1. The minimum Gasteiger partial charge on any atom is -0.354 e. The molecule has 180 valence electrons. The summed E-state index contributed by atoms with van der Waals surface area (Å²) >= 11 is 1.73. The summed E-state index contributed by atoms with van der Waals surface area (Å²) < 4.78 is 28.1. The van der Waals surface area contributed by atoms with E-state index in [9.17, 15) is 13.2 Å². The van der Waals surface area contributed by atoms with E-state index in [1.54, 1.807) is 42.1 Å². The first-order chi connectivity index (χ1) is 16.2. The Bertz CT molecular complexity index is 1220. The number of thioether (sulfide) groups is 1. The van der Waals surface area contributed by atoms with Crippen molar-refractivity contribution in [1.29, 1.82) is 0 Å². The Labute approximate surface area is 207 Å². The van der Waals surface area contributed by atoms with E-state index in [0.717, 1.165) is 28.2 Å². The average molecular weight is 497 g/mol. The van der Waals surface area contributed by atoms with Crippen LogP contribution in [-0.2, 0) is 20.6 Å². The van der Waals surface area contributed by atoms with Crippen LogP contribution in [0, 0.1) is 27.7 Å². The highest BCUT2D eigenvalue weighted by molar-refractivity contribution is 7.98. The highest BCUT2D eigenvalue weighted by atomic mass is 32.2. The molecule has 3 aromatic rings. The van der Waals surface area contributed by atoms with Crippen LogP contribution in [0.5, 0.6) is 0 Å². The predicted molar refractivity (Wildman–Crippen MR) is 142 cm³/mol. The van der Waals surface area contributed by atoms with Gasteiger partial charge in [-0.2, -0.15) is 11.8 Å². The van der Waals surface area contributed by atoms with Crippen molar-refractivity contribution in [2.75, 3.05) is 23.1 Å². The number of aryl methyl sites for hydroxylation is 4. The molecule has 1 amide bonds. The zero-order valence-electron chi connectivity index (χ0n) is 20.2. The molecule has 0 fully saturated rings. The van der Waals surface area contributed by atoms with Crippen molar-refractivity contribution < 1.29 is 13.2 Å². The molecule has 34 heavy (non-hydrogen) atoms. The van der Waals surface area contributed by atoms with Gasteiger partial charge in [0, 0.05) is 18.1 Å². The van der Waals surface area contributed by atoms with Crippen LogP contribution in [-0.4, -0.2) is 33.2 Å². The first kappa shape index (κ1) is 25.8. The zero-order valence-corrected chi connectivity index (χ0v) is 21.8. The van der Waals surface area contributed by atoms with Gasteiger partial charge in [0.15, 0.2) is 0 Å². The number of sulfonamides is 1. The molecule has 0 aromatic heterocycles. The Morgan fingerprint density at radius 2 is 1.47 bits per heavy atom. The number of carbonyl (C=O) groups is 1. The predicted octanol–water partition coefficient (Wildman–Crippen LogP) is 5.17. The maximum Gasteiger partial charge on any atom is 0.264 e. The molecule has 5 nitrogen and oxygen atoms in total. The van der Waals surface area contributed by atoms with Crippen molar-refractivity contribution in [3.63, 3.8) is 0 Å². The second kappa shape index (κ2) is 11.6. The molecular formula is C27H32N2O3S2. The van der Waals surface area contributed by atoms with Crippen molar-refractivity contribution in [3.8, 4) is 0 Å². The van der Waals surface area contributed by atoms with Gasteiger partial charge in [-0.3, -0.25) is 9.10 Å². The van der Waals surface area contributed by atoms with E-state index in [-0.39, 0.29) is 17.3 Å². The molecule has 0 heterocycles. The second-order valence-corrected chi connectivity index (χ2v) is 11.4. The van der Waals surface area contributed by atoms with Crippen molar-refractivity contribution in [2.45, 2.75) is 38.3 Å². The van der Waals surface area contributed by atoms with Gasteiger partial charge in [0.25, 0.3) is 10.0 Å². The maximum atomic E-state index is 13.5. The maximum absolute atomic E-state index is 13.5. The molecule has 0 bridgehead atoms. The van der Waals surface area contributed by atoms with Crippen molar-refractivity contribution >= 4 is 33.4 Å². The van der Waals surface area contributed by atoms with E-state index in [2.05, 4.69) is 36.5 Å². The molecule has 0 saturated heterocycles. The van der Waals surface area contributed by atoms with Crippen molar-refractivity contribution in [3.05, 3.63) is 94.5 Å². The molecular weight excluding hydrogens is 464 g/mol. The number of hydrogen-bond acceptors (Lipinski definition) is 4. The summed E-state index contributed by atoms with van der Waals surface area (Å²) in [6, 6.07) is 20.5. The summed E-state index contributed by atoms with van der Waals surface area (Å²) in [6.45, 7) is 8.07. The lowest BCUT2D eigenvalue weighted by atomic mass is 10.1. The van der Waals surface area contributed by atoms with E-state index < -0.39 is 10.0 Å². The highest BCUT2D eigenvalue weighted by Crippen LogP contribution is 2.26. The number of anilines is 1. The van der Waals surface area contributed by atoms with Gasteiger partial charge in [0.2, 0.25) is 5.91 Å². The summed E-state index contributed by atoms with van der Waals surface area (Å²) in [5.41, 5.74) is 5.95. The summed E-state index contributed by atoms with van der Waals surface area (Å²) in [5.74, 6) is 1.28. The molecule has 0 spiro atoms. The monoisotopic (exact) mass is 496 g/mol. The number of hydrogen-bond donors (Lipinski definition) is 1. The Hall–Kier alpha value is -2.77. The van der Waals surface area contributed by atoms with Crippen LogP contribution >= 0.6 is 11.8 Å². The third-order valence-electron chi connectivity index (χ3n) is 5.63. The SMILES string of the molecule is Cc1ccc(CSCCNC(=O)CN(c2ccc(C)c(C)c2)S(=O)(=O)c2ccc(C)cc2)cc1. The molecule has 0 aliphatic carbocycles. The van der Waals surface area contributed by atoms with Crippen LogP contribution in [0.3, 0.4) is 0 Å². The van der Waals surface area contributed by atoms with Crippen LogP contribution in [0.15, 0.2) is 71.6 Å². The Kier molecular flexibility index (Phi) is 8.80. The normalized spacial score (nSPS) is 11.3. The fourth-order valence-electron chi connectivity index (χ4n) is 3.36. The minimum atomic E-state index is -3.90. The third kappa shape index (κ3) is 6.87. The molecule has 0 aliphatic heterocycles. The van der Waals surface area contributed by atoms with E-state index in [1.807, 2.05) is 32.9 Å². The van der Waals surface area contributed by atoms with Gasteiger partial charge >= 0.3 is 0 Å². The third-order valence-corrected chi connectivity index (χ3v) is 8.45. The van der Waals surface area contributed by atoms with Gasteiger partial charge in [-0.05, 0) is 68.7 Å². The number of benzene rings is 3. The molecule has 3 rings (SSSR count). The summed E-state index contributed by atoms with van der Waals surface area (Å²) in [6.07, 6.45) is 0. The van der Waals surface area contributed by atoms with Gasteiger partial charge < -0.3 is 5.32 Å². The Morgan fingerprint density at radius 1 is 0.853 bits per heavy atom. The molecule has 3 aromatic carbocycles. The standard InChI is InChI=1S/C27H32N2O3S2/c1-20-5-10-24(11-6-20)19-33-16-15-28-27(30)18-29(25-12-9-22(3)23(4)17-25)34(31,32)26-13-7-21(2)8-14-26/h5-14,17H,15-16,18-19H2,1-4H3,(H,28,30). The lowest BCUT2D eigenvalue weighted by molar-refractivity contribution is -0.119. The van der Waals surface area contributed by atoms with Crippen molar-refractivity contribution in [2.24, 2.45) is 0 Å². The van der Waals surface area contributed by atoms with Crippen LogP contribution in [0.2, 0.25) is 0 Å². The molecule has 1 N–H and O–H groups in total. The Morgan fingerprint density at radius 3 is 2.09 bits per heavy atom. The lowest BCUT2D eigenvalue weighted by Crippen LogP contribution is -2.41. The molecule has 0 unspecified atom stereocenters. The molecule has 0 radical (unpaired) electrons. The van der Waals surface area contributed by atoms with Gasteiger partial charge in [0.05, 0.1) is 10.6 Å². The van der Waals surface area contributed by atoms with E-state index in [1.165, 1.54) is 15.4 Å². The summed E-state index contributed by atoms with van der Waals surface area (Å²) in [4.78, 5) is 12.9. The van der Waals surface area contributed by atoms with Gasteiger partial charge in [-0.1, -0.05) is 53.6 Å². The molecule has 7 heteroatoms. The number of amides is 1. The van der Waals surface area contributed by atoms with E-state index >= 15 is 0 Å². The number of rotatable bonds is 10. The fraction of sp³-hybridized carbons (Fsp3) is 0.296. The quantitative estimate of drug-likeness (QED) is 0.394. The van der Waals surface area contributed by atoms with Gasteiger partial charge in [0.1, 0.15) is 6.54 Å². The topological polar surface area (TPSA) is 66.5 Å². The first-order valence-electron chi connectivity index (χ1n) is 11.2. The first-order valence-corrected chi connectivity index (χ1v) is 13.8. The zero-order chi connectivity index (χ0) is 24.7. The molecule has 0 aliphatic rings. The number of nitrogens with one attached hydrogen (secondary N) is 1. The smallest absolute Gasteiger partial charge is 0.264 e. The molecule has 0 saturated carbocycles. The van der Waals surface area contributed by atoms with Gasteiger partial charge in [-0.25, -0.2) is 8.42 Å². The van der Waals surface area contributed by atoms with Gasteiger partial charge in [-0.15, -0.1) is 0 Å². The van der Waals surface area contributed by atoms with E-state index in [0.29, 0.717) is 12.2 Å². The van der Waals surface area contributed by atoms with Crippen LogP contribution in [0.25, 0.3) is 0 Å². The highest BCUT2D eigenvalue weighted by Gasteiger charge is 2.27. The number of nitrogens with zero attached hydrogens (tertiary/aromatic N) is 1. The van der Waals surface area contributed by atoms with Crippen LogP contribution in [0.1, 0.15) is 27.8 Å². The van der Waals surface area contributed by atoms with Crippen molar-refractivity contribution in [1.82, 2.24) is 5.32 Å². The van der Waals surface area contributed by atoms with Crippen LogP contribution < -0.4 is 9.62 Å². The summed E-state index contributed by atoms with van der Waals surface area (Å²) in [5, 5.41) is 2.87. The fourth-order valence-corrected chi connectivity index (χ4v) is 5.59. The largest absolute Gasteiger partial charge is 0.354 e.